The highest BCUT2D eigenvalue weighted by molar-refractivity contribution is 6.14. The Morgan fingerprint density at radius 1 is 0.840 bits per heavy atom. The number of phenolic OH excluding ortho intramolecular Hbond substituents is 1. The van der Waals surface area contributed by atoms with Crippen molar-refractivity contribution >= 4 is 5.78 Å². The van der Waals surface area contributed by atoms with Crippen LogP contribution in [-0.4, -0.2) is 39.3 Å². The van der Waals surface area contributed by atoms with Crippen LogP contribution >= 0.6 is 0 Å². The van der Waals surface area contributed by atoms with Gasteiger partial charge in [0.2, 0.25) is 23.0 Å². The number of phenols is 1. The first kappa shape index (κ1) is 18.0. The fourth-order valence-corrected chi connectivity index (χ4v) is 2.33. The number of benzene rings is 2. The zero-order valence-corrected chi connectivity index (χ0v) is 14.4. The molecule has 2 rings (SSSR count). The number of carbonyl (C=O) groups excluding carboxylic acids is 1. The highest BCUT2D eigenvalue weighted by atomic mass is 16.5. The largest absolute Gasteiger partial charge is 0.504 e. The van der Waals surface area contributed by atoms with Gasteiger partial charge in [0.15, 0.2) is 11.5 Å². The molecule has 0 saturated heterocycles. The highest BCUT2D eigenvalue weighted by Crippen LogP contribution is 2.52. The summed E-state index contributed by atoms with van der Waals surface area (Å²) in [4.78, 5) is 12.6. The molecule has 0 aliphatic heterocycles. The second-order valence-electron chi connectivity index (χ2n) is 4.80. The summed E-state index contributed by atoms with van der Waals surface area (Å²) in [7, 11) is 5.47. The first-order valence-corrected chi connectivity index (χ1v) is 7.29. The first-order chi connectivity index (χ1) is 12.1. The monoisotopic (exact) mass is 342 g/mol. The summed E-state index contributed by atoms with van der Waals surface area (Å²) in [6, 6.07) is 9.01. The molecule has 0 bridgehead atoms. The van der Waals surface area contributed by atoms with Gasteiger partial charge in [-0.15, -0.1) is 0 Å². The highest BCUT2D eigenvalue weighted by Gasteiger charge is 2.30. The standard InChI is InChI=1S/C19H18O6/c1-22-16-14(13(20)11-10-12-8-6-5-7-9-12)15(21)17(23-2)19(25-4)18(16)24-3/h5-9,21H,1-4H3. The van der Waals surface area contributed by atoms with Crippen molar-refractivity contribution in [2.24, 2.45) is 0 Å². The molecule has 0 heterocycles. The van der Waals surface area contributed by atoms with Gasteiger partial charge in [0.1, 0.15) is 5.56 Å². The maximum atomic E-state index is 12.6. The van der Waals surface area contributed by atoms with Crippen molar-refractivity contribution < 1.29 is 28.8 Å². The molecular formula is C19H18O6. The quantitative estimate of drug-likeness (QED) is 0.665. The molecule has 0 aliphatic rings. The van der Waals surface area contributed by atoms with Crippen LogP contribution in [0, 0.1) is 11.8 Å². The molecule has 1 N–H and O–H groups in total. The number of hydrogen-bond acceptors (Lipinski definition) is 6. The molecule has 6 nitrogen and oxygen atoms in total. The van der Waals surface area contributed by atoms with Gasteiger partial charge in [-0.2, -0.15) is 0 Å². The third-order valence-corrected chi connectivity index (χ3v) is 3.44. The Morgan fingerprint density at radius 3 is 1.88 bits per heavy atom. The number of ketones is 1. The number of methoxy groups -OCH3 is 4. The Morgan fingerprint density at radius 2 is 1.36 bits per heavy atom. The van der Waals surface area contributed by atoms with Crippen molar-refractivity contribution in [2.45, 2.75) is 0 Å². The van der Waals surface area contributed by atoms with Crippen molar-refractivity contribution in [3.8, 4) is 40.6 Å². The summed E-state index contributed by atoms with van der Waals surface area (Å²) in [6.45, 7) is 0. The van der Waals surface area contributed by atoms with Gasteiger partial charge in [-0.25, -0.2) is 0 Å². The lowest BCUT2D eigenvalue weighted by Gasteiger charge is -2.18. The number of ether oxygens (including phenoxy) is 4. The van der Waals surface area contributed by atoms with Crippen LogP contribution in [0.3, 0.4) is 0 Å². The lowest BCUT2D eigenvalue weighted by atomic mass is 10.1. The van der Waals surface area contributed by atoms with Crippen LogP contribution in [0.15, 0.2) is 30.3 Å². The van der Waals surface area contributed by atoms with E-state index in [9.17, 15) is 9.90 Å². The molecule has 0 aromatic heterocycles. The average molecular weight is 342 g/mol. The Kier molecular flexibility index (Phi) is 5.75. The summed E-state index contributed by atoms with van der Waals surface area (Å²) in [5.41, 5.74) is 0.516. The normalized spacial score (nSPS) is 9.60. The van der Waals surface area contributed by atoms with Gasteiger partial charge in [0, 0.05) is 5.56 Å². The molecular weight excluding hydrogens is 324 g/mol. The van der Waals surface area contributed by atoms with E-state index in [4.69, 9.17) is 18.9 Å². The van der Waals surface area contributed by atoms with E-state index in [0.29, 0.717) is 5.56 Å². The van der Waals surface area contributed by atoms with Gasteiger partial charge in [0.05, 0.1) is 28.4 Å². The van der Waals surface area contributed by atoms with Gasteiger partial charge in [0.25, 0.3) is 0 Å². The first-order valence-electron chi connectivity index (χ1n) is 7.29. The van der Waals surface area contributed by atoms with Gasteiger partial charge >= 0.3 is 0 Å². The maximum absolute atomic E-state index is 12.6. The third-order valence-electron chi connectivity index (χ3n) is 3.44. The van der Waals surface area contributed by atoms with E-state index in [0.717, 1.165) is 0 Å². The summed E-state index contributed by atoms with van der Waals surface area (Å²) >= 11 is 0. The van der Waals surface area contributed by atoms with Crippen molar-refractivity contribution in [1.29, 1.82) is 0 Å². The molecule has 0 fully saturated rings. The summed E-state index contributed by atoms with van der Waals surface area (Å²) < 4.78 is 20.9. The molecule has 130 valence electrons. The van der Waals surface area contributed by atoms with Crippen LogP contribution in [0.1, 0.15) is 15.9 Å². The molecule has 0 atom stereocenters. The van der Waals surface area contributed by atoms with E-state index in [2.05, 4.69) is 11.8 Å². The fourth-order valence-electron chi connectivity index (χ4n) is 2.33. The van der Waals surface area contributed by atoms with Crippen LogP contribution in [0.4, 0.5) is 0 Å². The lowest BCUT2D eigenvalue weighted by molar-refractivity contribution is 0.104. The van der Waals surface area contributed by atoms with E-state index >= 15 is 0 Å². The van der Waals surface area contributed by atoms with Crippen LogP contribution in [0.2, 0.25) is 0 Å². The fraction of sp³-hybridized carbons (Fsp3) is 0.211. The second-order valence-corrected chi connectivity index (χ2v) is 4.80. The van der Waals surface area contributed by atoms with Gasteiger partial charge in [-0.3, -0.25) is 4.79 Å². The van der Waals surface area contributed by atoms with Gasteiger partial charge in [-0.1, -0.05) is 24.1 Å². The molecule has 2 aromatic carbocycles. The van der Waals surface area contributed by atoms with Crippen LogP contribution in [0.5, 0.6) is 28.7 Å². The average Bonchev–Trinajstić information content (AvgIpc) is 2.65. The molecule has 0 amide bonds. The van der Waals surface area contributed by atoms with Crippen molar-refractivity contribution in [2.75, 3.05) is 28.4 Å². The van der Waals surface area contributed by atoms with Crippen LogP contribution in [-0.2, 0) is 0 Å². The molecule has 0 saturated carbocycles. The SMILES string of the molecule is COc1c(O)c(C(=O)C#Cc2ccccc2)c(OC)c(OC)c1OC. The Hall–Kier alpha value is -3.33. The number of rotatable bonds is 5. The van der Waals surface area contributed by atoms with Crippen LogP contribution < -0.4 is 18.9 Å². The predicted molar refractivity (Wildman–Crippen MR) is 92.0 cm³/mol. The topological polar surface area (TPSA) is 74.2 Å². The zero-order chi connectivity index (χ0) is 18.4. The zero-order valence-electron chi connectivity index (χ0n) is 14.4. The van der Waals surface area contributed by atoms with Crippen molar-refractivity contribution in [1.82, 2.24) is 0 Å². The van der Waals surface area contributed by atoms with E-state index in [1.165, 1.54) is 28.4 Å². The van der Waals surface area contributed by atoms with E-state index in [-0.39, 0.29) is 28.6 Å². The summed E-state index contributed by atoms with van der Waals surface area (Å²) in [5, 5.41) is 10.5. The molecule has 0 unspecified atom stereocenters. The van der Waals surface area contributed by atoms with Crippen LogP contribution in [0.25, 0.3) is 0 Å². The molecule has 0 aliphatic carbocycles. The minimum Gasteiger partial charge on any atom is -0.504 e. The Bertz CT molecular complexity index is 831. The Labute approximate surface area is 145 Å². The maximum Gasteiger partial charge on any atom is 0.244 e. The number of carbonyl (C=O) groups is 1. The predicted octanol–water partition coefficient (Wildman–Crippen LogP) is 2.66. The smallest absolute Gasteiger partial charge is 0.244 e. The molecule has 0 spiro atoms. The second kappa shape index (κ2) is 7.97. The van der Waals surface area contributed by atoms with Crippen molar-refractivity contribution in [3.05, 3.63) is 41.5 Å². The molecule has 25 heavy (non-hydrogen) atoms. The van der Waals surface area contributed by atoms with E-state index in [1.54, 1.807) is 12.1 Å². The number of hydrogen-bond donors (Lipinski definition) is 1. The number of aromatic hydroxyl groups is 1. The van der Waals surface area contributed by atoms with Gasteiger partial charge in [-0.05, 0) is 18.1 Å². The molecule has 2 aromatic rings. The Balaban J connectivity index is 2.64. The van der Waals surface area contributed by atoms with Crippen molar-refractivity contribution in [3.63, 3.8) is 0 Å². The van der Waals surface area contributed by atoms with E-state index < -0.39 is 11.5 Å². The van der Waals surface area contributed by atoms with Gasteiger partial charge < -0.3 is 24.1 Å². The minimum atomic E-state index is -0.641. The minimum absolute atomic E-state index is 0.0185. The summed E-state index contributed by atoms with van der Waals surface area (Å²) in [5.74, 6) is 4.40. The summed E-state index contributed by atoms with van der Waals surface area (Å²) in [6.07, 6.45) is 0. The van der Waals surface area contributed by atoms with E-state index in [1.807, 2.05) is 18.2 Å². The lowest BCUT2D eigenvalue weighted by Crippen LogP contribution is -2.06. The number of Topliss-reactive ketones (excluding diaryl/α,β-unsaturated/α-hetero) is 1. The molecule has 6 heteroatoms. The third kappa shape index (κ3) is 3.45. The molecule has 0 radical (unpaired) electrons.